The van der Waals surface area contributed by atoms with Crippen molar-refractivity contribution >= 4 is 46.3 Å². The number of nitrogens with one attached hydrogen (secondary N) is 1. The Bertz CT molecular complexity index is 895. The fourth-order valence-electron chi connectivity index (χ4n) is 2.41. The lowest BCUT2D eigenvalue weighted by atomic mass is 9.96. The molecule has 0 spiro atoms. The maximum absolute atomic E-state index is 13.3. The third kappa shape index (κ3) is 3.02. The van der Waals surface area contributed by atoms with E-state index in [1.165, 1.54) is 23.5 Å². The van der Waals surface area contributed by atoms with Crippen molar-refractivity contribution in [1.29, 1.82) is 0 Å². The molecular formula is C15H10Cl2FN3O2S. The van der Waals surface area contributed by atoms with E-state index in [0.717, 1.165) is 6.07 Å². The molecule has 1 aliphatic rings. The van der Waals surface area contributed by atoms with Crippen LogP contribution in [0.25, 0.3) is 0 Å². The van der Waals surface area contributed by atoms with Gasteiger partial charge in [-0.25, -0.2) is 14.2 Å². The Balaban J connectivity index is 2.16. The first-order valence-electron chi connectivity index (χ1n) is 6.71. The van der Waals surface area contributed by atoms with Gasteiger partial charge >= 0.3 is 5.97 Å². The Morgan fingerprint density at radius 2 is 2.17 bits per heavy atom. The van der Waals surface area contributed by atoms with E-state index < -0.39 is 17.8 Å². The van der Waals surface area contributed by atoms with Crippen molar-refractivity contribution in [3.05, 3.63) is 61.4 Å². The smallest absolute Gasteiger partial charge is 0.335 e. The lowest BCUT2D eigenvalue weighted by Gasteiger charge is -2.25. The van der Waals surface area contributed by atoms with Crippen LogP contribution in [0.5, 0.6) is 0 Å². The van der Waals surface area contributed by atoms with Crippen LogP contribution in [0.3, 0.4) is 0 Å². The monoisotopic (exact) mass is 385 g/mol. The molecule has 2 aromatic rings. The molecule has 3 rings (SSSR count). The number of hydrogen-bond donors (Lipinski definition) is 2. The quantitative estimate of drug-likeness (QED) is 0.835. The molecule has 1 aromatic heterocycles. The number of carbonyl (C=O) groups is 1. The number of carboxylic acid groups (broad SMARTS) is 1. The van der Waals surface area contributed by atoms with Gasteiger partial charge in [-0.1, -0.05) is 29.3 Å². The van der Waals surface area contributed by atoms with Gasteiger partial charge in [0.05, 0.1) is 11.1 Å². The van der Waals surface area contributed by atoms with Crippen LogP contribution in [-0.2, 0) is 4.79 Å². The Labute approximate surface area is 150 Å². The van der Waals surface area contributed by atoms with Crippen LogP contribution in [-0.4, -0.2) is 21.9 Å². The third-order valence-electron chi connectivity index (χ3n) is 3.48. The van der Waals surface area contributed by atoms with Crippen LogP contribution in [0.1, 0.15) is 24.2 Å². The molecule has 1 aromatic carbocycles. The summed E-state index contributed by atoms with van der Waals surface area (Å²) in [5.74, 6) is -1.31. The van der Waals surface area contributed by atoms with Crippen molar-refractivity contribution in [3.8, 4) is 0 Å². The summed E-state index contributed by atoms with van der Waals surface area (Å²) in [4.78, 5) is 20.2. The molecule has 5 nitrogen and oxygen atoms in total. The molecule has 24 heavy (non-hydrogen) atoms. The van der Waals surface area contributed by atoms with Gasteiger partial charge < -0.3 is 10.4 Å². The summed E-state index contributed by atoms with van der Waals surface area (Å²) in [6, 6.07) is 2.86. The van der Waals surface area contributed by atoms with Gasteiger partial charge in [0.1, 0.15) is 21.9 Å². The fourth-order valence-corrected chi connectivity index (χ4v) is 3.45. The van der Waals surface area contributed by atoms with Gasteiger partial charge in [-0.3, -0.25) is 4.99 Å². The molecule has 1 unspecified atom stereocenters. The number of rotatable bonds is 3. The Morgan fingerprint density at radius 3 is 2.75 bits per heavy atom. The first kappa shape index (κ1) is 16.9. The van der Waals surface area contributed by atoms with Crippen LogP contribution in [0, 0.1) is 5.82 Å². The Hall–Kier alpha value is -1.96. The lowest BCUT2D eigenvalue weighted by molar-refractivity contribution is -0.133. The molecule has 2 heterocycles. The minimum atomic E-state index is -1.14. The van der Waals surface area contributed by atoms with Gasteiger partial charge in [-0.05, 0) is 19.1 Å². The molecule has 2 N–H and O–H groups in total. The largest absolute Gasteiger partial charge is 0.478 e. The van der Waals surface area contributed by atoms with Crippen LogP contribution in [0.15, 0.2) is 40.0 Å². The van der Waals surface area contributed by atoms with Crippen molar-refractivity contribution in [2.75, 3.05) is 0 Å². The van der Waals surface area contributed by atoms with Crippen LogP contribution >= 0.6 is 34.5 Å². The van der Waals surface area contributed by atoms with Crippen molar-refractivity contribution in [2.45, 2.75) is 13.0 Å². The second kappa shape index (κ2) is 6.51. The van der Waals surface area contributed by atoms with E-state index >= 15 is 0 Å². The zero-order valence-electron chi connectivity index (χ0n) is 12.2. The number of aromatic nitrogens is 1. The van der Waals surface area contributed by atoms with E-state index in [0.29, 0.717) is 27.1 Å². The summed E-state index contributed by atoms with van der Waals surface area (Å²) in [5.41, 5.74) is 2.79. The summed E-state index contributed by atoms with van der Waals surface area (Å²) >= 11 is 13.4. The van der Waals surface area contributed by atoms with Crippen molar-refractivity contribution < 1.29 is 14.3 Å². The Kier molecular flexibility index (Phi) is 4.58. The average Bonchev–Trinajstić information content (AvgIpc) is 2.92. The van der Waals surface area contributed by atoms with Gasteiger partial charge in [0, 0.05) is 16.3 Å². The predicted octanol–water partition coefficient (Wildman–Crippen LogP) is 4.04. The summed E-state index contributed by atoms with van der Waals surface area (Å²) in [6.45, 7) is 1.61. The number of carboxylic acids is 1. The summed E-state index contributed by atoms with van der Waals surface area (Å²) in [6.07, 6.45) is 0. The van der Waals surface area contributed by atoms with Gasteiger partial charge in [0.15, 0.2) is 5.84 Å². The highest BCUT2D eigenvalue weighted by atomic mass is 35.5. The number of allylic oxidation sites excluding steroid dienone is 1. The molecule has 0 amide bonds. The van der Waals surface area contributed by atoms with Crippen LogP contribution < -0.4 is 5.32 Å². The number of hydrogen-bond acceptors (Lipinski definition) is 5. The summed E-state index contributed by atoms with van der Waals surface area (Å²) in [5, 5.41) is 12.5. The molecule has 0 saturated carbocycles. The minimum Gasteiger partial charge on any atom is -0.478 e. The van der Waals surface area contributed by atoms with Gasteiger partial charge in [-0.2, -0.15) is 0 Å². The van der Waals surface area contributed by atoms with E-state index in [9.17, 15) is 14.3 Å². The predicted molar refractivity (Wildman–Crippen MR) is 91.3 cm³/mol. The zero-order valence-corrected chi connectivity index (χ0v) is 14.5. The number of nitrogens with zero attached hydrogens (tertiary/aromatic N) is 2. The van der Waals surface area contributed by atoms with E-state index in [1.807, 2.05) is 0 Å². The number of benzene rings is 1. The number of aliphatic carboxylic acids is 1. The fraction of sp³-hybridized carbons (Fsp3) is 0.133. The standard InChI is InChI=1S/C15H10Cl2FN3O2S/c1-6-10(15(22)23)11(8-3-2-7(18)4-9(8)16)21-14(20-6)12-13(17)24-5-19-12/h2-5,11H,1H3,(H,20,21)(H,22,23). The Morgan fingerprint density at radius 1 is 1.42 bits per heavy atom. The molecule has 1 atom stereocenters. The second-order valence-corrected chi connectivity index (χ2v) is 6.85. The van der Waals surface area contributed by atoms with E-state index in [4.69, 9.17) is 23.2 Å². The highest BCUT2D eigenvalue weighted by Crippen LogP contribution is 2.36. The van der Waals surface area contributed by atoms with Crippen molar-refractivity contribution in [1.82, 2.24) is 10.3 Å². The molecule has 0 bridgehead atoms. The molecule has 9 heteroatoms. The number of aliphatic imine (C=N–C) groups is 1. The molecule has 0 aliphatic carbocycles. The van der Waals surface area contributed by atoms with Crippen LogP contribution in [0.2, 0.25) is 9.36 Å². The molecule has 0 saturated heterocycles. The third-order valence-corrected chi connectivity index (χ3v) is 4.86. The maximum Gasteiger partial charge on any atom is 0.335 e. The highest BCUT2D eigenvalue weighted by molar-refractivity contribution is 7.14. The molecule has 1 aliphatic heterocycles. The summed E-state index contributed by atoms with van der Waals surface area (Å²) < 4.78 is 13.7. The number of halogens is 3. The van der Waals surface area contributed by atoms with Gasteiger partial charge in [0.2, 0.25) is 0 Å². The maximum atomic E-state index is 13.3. The normalized spacial score (nSPS) is 17.5. The number of thiazole rings is 1. The molecule has 124 valence electrons. The zero-order chi connectivity index (χ0) is 17.4. The number of amidine groups is 1. The topological polar surface area (TPSA) is 74.6 Å². The first-order valence-corrected chi connectivity index (χ1v) is 8.35. The second-order valence-electron chi connectivity index (χ2n) is 4.99. The first-order chi connectivity index (χ1) is 11.4. The summed E-state index contributed by atoms with van der Waals surface area (Å²) in [7, 11) is 0. The molecule has 0 radical (unpaired) electrons. The minimum absolute atomic E-state index is 0.0265. The van der Waals surface area contributed by atoms with Crippen molar-refractivity contribution in [3.63, 3.8) is 0 Å². The van der Waals surface area contributed by atoms with Gasteiger partial charge in [-0.15, -0.1) is 11.3 Å². The lowest BCUT2D eigenvalue weighted by Crippen LogP contribution is -2.32. The molecular weight excluding hydrogens is 376 g/mol. The SMILES string of the molecule is CC1=C(C(=O)O)C(c2ccc(F)cc2Cl)N=C(c2ncsc2Cl)N1. The average molecular weight is 386 g/mol. The molecule has 0 fully saturated rings. The highest BCUT2D eigenvalue weighted by Gasteiger charge is 2.31. The van der Waals surface area contributed by atoms with E-state index in [2.05, 4.69) is 15.3 Å². The van der Waals surface area contributed by atoms with E-state index in [-0.39, 0.29) is 10.6 Å². The van der Waals surface area contributed by atoms with Gasteiger partial charge in [0.25, 0.3) is 0 Å². The van der Waals surface area contributed by atoms with Crippen molar-refractivity contribution in [2.24, 2.45) is 4.99 Å². The van der Waals surface area contributed by atoms with Crippen LogP contribution in [0.4, 0.5) is 4.39 Å². The van der Waals surface area contributed by atoms with E-state index in [1.54, 1.807) is 12.4 Å².